The van der Waals surface area contributed by atoms with E-state index in [1.807, 2.05) is 63.2 Å². The molecule has 33 heavy (non-hydrogen) atoms. The number of nitrogens with one attached hydrogen (secondary N) is 1. The maximum Gasteiger partial charge on any atom is 0.322 e. The Balaban J connectivity index is 1.79. The molecule has 1 N–H and O–H groups in total. The van der Waals surface area contributed by atoms with E-state index in [1.54, 1.807) is 28.4 Å². The lowest BCUT2D eigenvalue weighted by Gasteiger charge is -2.31. The summed E-state index contributed by atoms with van der Waals surface area (Å²) >= 11 is 1.65. The standard InChI is InChI=1S/C26H30FN3O2S/c1-4-19(2)30(26(32)28-24-13-9-8-12-23(24)27)18-25(31)29(16-21-10-6-5-7-11-21)17-22-15-14-20(3)33-22/h5-15,19H,4,16-18H2,1-3H3,(H,28,32). The number of hydrogen-bond donors (Lipinski definition) is 1. The van der Waals surface area contributed by atoms with Crippen molar-refractivity contribution >= 4 is 29.0 Å². The van der Waals surface area contributed by atoms with E-state index in [0.717, 1.165) is 10.4 Å². The largest absolute Gasteiger partial charge is 0.332 e. The first-order chi connectivity index (χ1) is 15.9. The smallest absolute Gasteiger partial charge is 0.322 e. The topological polar surface area (TPSA) is 52.7 Å². The molecular weight excluding hydrogens is 437 g/mol. The first-order valence-corrected chi connectivity index (χ1v) is 11.9. The number of urea groups is 1. The summed E-state index contributed by atoms with van der Waals surface area (Å²) in [6, 6.07) is 19.2. The minimum absolute atomic E-state index is 0.0908. The van der Waals surface area contributed by atoms with Gasteiger partial charge in [0.2, 0.25) is 5.91 Å². The zero-order chi connectivity index (χ0) is 23.8. The van der Waals surface area contributed by atoms with Gasteiger partial charge in [-0.2, -0.15) is 0 Å². The molecular formula is C26H30FN3O2S. The second-order valence-electron chi connectivity index (χ2n) is 8.04. The number of halogens is 1. The Bertz CT molecular complexity index is 1070. The van der Waals surface area contributed by atoms with Crippen LogP contribution < -0.4 is 5.32 Å². The van der Waals surface area contributed by atoms with E-state index in [2.05, 4.69) is 5.32 Å². The highest BCUT2D eigenvalue weighted by Gasteiger charge is 2.26. The Labute approximate surface area is 198 Å². The van der Waals surface area contributed by atoms with Crippen molar-refractivity contribution in [3.8, 4) is 0 Å². The lowest BCUT2D eigenvalue weighted by Crippen LogP contribution is -2.47. The third-order valence-corrected chi connectivity index (χ3v) is 6.50. The molecule has 3 amide bonds. The first-order valence-electron chi connectivity index (χ1n) is 11.1. The normalized spacial score (nSPS) is 11.6. The predicted octanol–water partition coefficient (Wildman–Crippen LogP) is 6.06. The second-order valence-corrected chi connectivity index (χ2v) is 9.42. The number of benzene rings is 2. The molecule has 1 unspecified atom stereocenters. The molecule has 0 spiro atoms. The van der Waals surface area contributed by atoms with Crippen molar-refractivity contribution in [3.05, 3.63) is 87.9 Å². The number of aryl methyl sites for hydroxylation is 1. The van der Waals surface area contributed by atoms with Crippen molar-refractivity contribution in [3.63, 3.8) is 0 Å². The molecule has 1 aromatic heterocycles. The van der Waals surface area contributed by atoms with Crippen LogP contribution in [0.4, 0.5) is 14.9 Å². The van der Waals surface area contributed by atoms with E-state index in [9.17, 15) is 14.0 Å². The molecule has 0 bridgehead atoms. The van der Waals surface area contributed by atoms with E-state index in [1.165, 1.54) is 21.9 Å². The third kappa shape index (κ3) is 6.89. The Hall–Kier alpha value is -3.19. The molecule has 0 saturated heterocycles. The SMILES string of the molecule is CCC(C)N(CC(=O)N(Cc1ccccc1)Cc1ccc(C)s1)C(=O)Nc1ccccc1F. The van der Waals surface area contributed by atoms with Crippen LogP contribution >= 0.6 is 11.3 Å². The fourth-order valence-electron chi connectivity index (χ4n) is 3.44. The molecule has 174 valence electrons. The molecule has 3 rings (SSSR count). The van der Waals surface area contributed by atoms with Crippen LogP contribution in [0.1, 0.15) is 35.6 Å². The molecule has 0 radical (unpaired) electrons. The van der Waals surface area contributed by atoms with Crippen molar-refractivity contribution in [1.82, 2.24) is 9.80 Å². The molecule has 0 aliphatic carbocycles. The molecule has 1 atom stereocenters. The summed E-state index contributed by atoms with van der Waals surface area (Å²) in [4.78, 5) is 32.0. The zero-order valence-electron chi connectivity index (χ0n) is 19.3. The number of nitrogens with zero attached hydrogens (tertiary/aromatic N) is 2. The average Bonchev–Trinajstić information content (AvgIpc) is 3.23. The van der Waals surface area contributed by atoms with Gasteiger partial charge < -0.3 is 15.1 Å². The summed E-state index contributed by atoms with van der Waals surface area (Å²) in [7, 11) is 0. The van der Waals surface area contributed by atoms with E-state index >= 15 is 0 Å². The molecule has 0 saturated carbocycles. The minimum atomic E-state index is -0.514. The highest BCUT2D eigenvalue weighted by atomic mass is 32.1. The number of para-hydroxylation sites is 1. The highest BCUT2D eigenvalue weighted by molar-refractivity contribution is 7.11. The molecule has 2 aromatic carbocycles. The summed E-state index contributed by atoms with van der Waals surface area (Å²) in [6.45, 7) is 6.70. The fourth-order valence-corrected chi connectivity index (χ4v) is 4.34. The van der Waals surface area contributed by atoms with Crippen molar-refractivity contribution < 1.29 is 14.0 Å². The second kappa shape index (κ2) is 11.6. The molecule has 3 aromatic rings. The van der Waals surface area contributed by atoms with E-state index in [-0.39, 0.29) is 24.2 Å². The van der Waals surface area contributed by atoms with Gasteiger partial charge in [0.15, 0.2) is 0 Å². The van der Waals surface area contributed by atoms with Gasteiger partial charge in [0.1, 0.15) is 12.4 Å². The number of thiophene rings is 1. The molecule has 7 heteroatoms. The van der Waals surface area contributed by atoms with Crippen molar-refractivity contribution in [1.29, 1.82) is 0 Å². The monoisotopic (exact) mass is 467 g/mol. The van der Waals surface area contributed by atoms with Gasteiger partial charge in [-0.25, -0.2) is 9.18 Å². The number of anilines is 1. The molecule has 5 nitrogen and oxygen atoms in total. The van der Waals surface area contributed by atoms with Gasteiger partial charge in [0.05, 0.1) is 12.2 Å². The van der Waals surface area contributed by atoms with Crippen LogP contribution in [0, 0.1) is 12.7 Å². The van der Waals surface area contributed by atoms with Crippen molar-refractivity contribution in [2.45, 2.75) is 46.3 Å². The number of carbonyl (C=O) groups excluding carboxylic acids is 2. The van der Waals surface area contributed by atoms with Crippen LogP contribution in [0.5, 0.6) is 0 Å². The van der Waals surface area contributed by atoms with E-state index in [4.69, 9.17) is 0 Å². The Morgan fingerprint density at radius 1 is 1.00 bits per heavy atom. The van der Waals surface area contributed by atoms with Gasteiger partial charge >= 0.3 is 6.03 Å². The van der Waals surface area contributed by atoms with Crippen LogP contribution in [0.25, 0.3) is 0 Å². The van der Waals surface area contributed by atoms with Gasteiger partial charge in [0, 0.05) is 22.3 Å². The third-order valence-electron chi connectivity index (χ3n) is 5.52. The van der Waals surface area contributed by atoms with Crippen molar-refractivity contribution in [2.24, 2.45) is 0 Å². The average molecular weight is 468 g/mol. The molecule has 1 heterocycles. The number of carbonyl (C=O) groups is 2. The Morgan fingerprint density at radius 2 is 1.70 bits per heavy atom. The quantitative estimate of drug-likeness (QED) is 0.416. The molecule has 0 aliphatic rings. The summed E-state index contributed by atoms with van der Waals surface area (Å²) in [6.07, 6.45) is 0.667. The number of hydrogen-bond acceptors (Lipinski definition) is 3. The number of amides is 3. The number of rotatable bonds is 9. The molecule has 0 fully saturated rings. The first kappa shape index (κ1) is 24.5. The Kier molecular flexibility index (Phi) is 8.60. The summed E-state index contributed by atoms with van der Waals surface area (Å²) in [5, 5.41) is 2.62. The van der Waals surface area contributed by atoms with Crippen LogP contribution in [-0.4, -0.2) is 34.3 Å². The van der Waals surface area contributed by atoms with Crippen molar-refractivity contribution in [2.75, 3.05) is 11.9 Å². The Morgan fingerprint density at radius 3 is 2.33 bits per heavy atom. The van der Waals surface area contributed by atoms with Crippen LogP contribution in [-0.2, 0) is 17.9 Å². The van der Waals surface area contributed by atoms with Gasteiger partial charge in [-0.3, -0.25) is 4.79 Å². The van der Waals surface area contributed by atoms with Crippen LogP contribution in [0.2, 0.25) is 0 Å². The van der Waals surface area contributed by atoms with E-state index in [0.29, 0.717) is 19.5 Å². The lowest BCUT2D eigenvalue weighted by molar-refractivity contribution is -0.133. The lowest BCUT2D eigenvalue weighted by atomic mass is 10.2. The molecule has 0 aliphatic heterocycles. The fraction of sp³-hybridized carbons (Fsp3) is 0.308. The minimum Gasteiger partial charge on any atom is -0.332 e. The zero-order valence-corrected chi connectivity index (χ0v) is 20.1. The van der Waals surface area contributed by atoms with Crippen LogP contribution in [0.3, 0.4) is 0 Å². The highest BCUT2D eigenvalue weighted by Crippen LogP contribution is 2.20. The maximum absolute atomic E-state index is 14.1. The van der Waals surface area contributed by atoms with Gasteiger partial charge in [0.25, 0.3) is 0 Å². The summed E-state index contributed by atoms with van der Waals surface area (Å²) < 4.78 is 14.1. The van der Waals surface area contributed by atoms with Crippen LogP contribution in [0.15, 0.2) is 66.7 Å². The van der Waals surface area contributed by atoms with E-state index < -0.39 is 11.8 Å². The van der Waals surface area contributed by atoms with Gasteiger partial charge in [-0.1, -0.05) is 49.4 Å². The summed E-state index contributed by atoms with van der Waals surface area (Å²) in [5.41, 5.74) is 1.11. The predicted molar refractivity (Wildman–Crippen MR) is 132 cm³/mol. The summed E-state index contributed by atoms with van der Waals surface area (Å²) in [5.74, 6) is -0.672. The maximum atomic E-state index is 14.1. The van der Waals surface area contributed by atoms with Gasteiger partial charge in [-0.15, -0.1) is 11.3 Å². The van der Waals surface area contributed by atoms with Gasteiger partial charge in [-0.05, 0) is 50.1 Å².